The molecule has 0 N–H and O–H groups in total. The molecule has 0 bridgehead atoms. The van der Waals surface area contributed by atoms with E-state index in [-0.39, 0.29) is 48.6 Å². The number of aromatic nitrogens is 3. The van der Waals surface area contributed by atoms with Gasteiger partial charge in [-0.1, -0.05) is 18.2 Å². The van der Waals surface area contributed by atoms with Gasteiger partial charge in [-0.05, 0) is 31.4 Å². The van der Waals surface area contributed by atoms with E-state index in [4.69, 9.17) is 0 Å². The zero-order chi connectivity index (χ0) is 22.9. The van der Waals surface area contributed by atoms with Crippen LogP contribution in [0.1, 0.15) is 43.8 Å². The van der Waals surface area contributed by atoms with Gasteiger partial charge in [-0.25, -0.2) is 26.8 Å². The second-order valence-electron chi connectivity index (χ2n) is 8.22. The van der Waals surface area contributed by atoms with E-state index in [1.807, 2.05) is 30.3 Å². The fourth-order valence-corrected chi connectivity index (χ4v) is 5.78. The Labute approximate surface area is 186 Å². The number of para-hydroxylation sites is 1. The first kappa shape index (κ1) is 22.4. The highest BCUT2D eigenvalue weighted by Crippen LogP contribution is 2.29. The largest absolute Gasteiger partial charge is 0.350 e. The lowest BCUT2D eigenvalue weighted by molar-refractivity contribution is -0.147. The van der Waals surface area contributed by atoms with Gasteiger partial charge in [-0.2, -0.15) is 5.10 Å². The van der Waals surface area contributed by atoms with Gasteiger partial charge >= 0.3 is 5.69 Å². The number of sulfonamides is 1. The number of hydrogen-bond acceptors (Lipinski definition) is 6. The molecule has 0 radical (unpaired) electrons. The third-order valence-corrected chi connectivity index (χ3v) is 7.98. The summed E-state index contributed by atoms with van der Waals surface area (Å²) in [6.07, 6.45) is 2.15. The predicted molar refractivity (Wildman–Crippen MR) is 117 cm³/mol. The molecular weight excluding hydrogens is 434 g/mol. The second kappa shape index (κ2) is 8.99. The third-order valence-electron chi connectivity index (χ3n) is 6.13. The fourth-order valence-electron chi connectivity index (χ4n) is 4.35. The van der Waals surface area contributed by atoms with Crippen LogP contribution in [-0.2, 0) is 26.7 Å². The number of carbonyl (C=O) groups is 2. The van der Waals surface area contributed by atoms with Crippen molar-refractivity contribution in [2.75, 3.05) is 25.4 Å². The van der Waals surface area contributed by atoms with E-state index in [0.29, 0.717) is 38.2 Å². The second-order valence-corrected chi connectivity index (χ2v) is 10.3. The molecule has 0 spiro atoms. The average molecular weight is 462 g/mol. The van der Waals surface area contributed by atoms with Crippen LogP contribution in [-0.4, -0.2) is 69.2 Å². The number of nitrogens with zero attached hydrogens (tertiary/aromatic N) is 5. The number of piperidine rings is 2. The number of hydrogen-bond donors (Lipinski definition) is 0. The van der Waals surface area contributed by atoms with Crippen LogP contribution >= 0.6 is 0 Å². The molecule has 172 valence electrons. The zero-order valence-corrected chi connectivity index (χ0v) is 18.8. The maximum absolute atomic E-state index is 12.8. The lowest BCUT2D eigenvalue weighted by Crippen LogP contribution is -2.46. The van der Waals surface area contributed by atoms with E-state index in [2.05, 4.69) is 5.10 Å². The molecule has 2 amide bonds. The minimum Gasteiger partial charge on any atom is -0.282 e. The Balaban J connectivity index is 1.43. The molecule has 1 aromatic carbocycles. The molecule has 0 unspecified atom stereocenters. The molecule has 2 fully saturated rings. The van der Waals surface area contributed by atoms with Gasteiger partial charge in [-0.15, -0.1) is 0 Å². The van der Waals surface area contributed by atoms with Crippen LogP contribution in [0.4, 0.5) is 0 Å². The van der Waals surface area contributed by atoms with E-state index in [0.717, 1.165) is 10.6 Å². The number of likely N-dealkylation sites (tertiary alicyclic amines) is 1. The first-order valence-electron chi connectivity index (χ1n) is 10.8. The molecule has 2 aliphatic rings. The molecule has 1 aromatic heterocycles. The Morgan fingerprint density at radius 3 is 2.25 bits per heavy atom. The quantitative estimate of drug-likeness (QED) is 0.583. The van der Waals surface area contributed by atoms with Crippen LogP contribution in [0.25, 0.3) is 5.69 Å². The summed E-state index contributed by atoms with van der Waals surface area (Å²) in [5.41, 5.74) is 0.489. The van der Waals surface area contributed by atoms with Gasteiger partial charge in [-0.3, -0.25) is 14.5 Å². The lowest BCUT2D eigenvalue weighted by Gasteiger charge is -2.32. The van der Waals surface area contributed by atoms with Crippen LogP contribution in [0, 0.1) is 0 Å². The first-order chi connectivity index (χ1) is 15.3. The van der Waals surface area contributed by atoms with E-state index >= 15 is 0 Å². The van der Waals surface area contributed by atoms with Gasteiger partial charge in [0.05, 0.1) is 11.4 Å². The summed E-state index contributed by atoms with van der Waals surface area (Å²) in [4.78, 5) is 37.6. The summed E-state index contributed by atoms with van der Waals surface area (Å²) in [5, 5.41) is 4.43. The average Bonchev–Trinajstić information content (AvgIpc) is 3.08. The summed E-state index contributed by atoms with van der Waals surface area (Å²) in [6, 6.07) is 9.26. The summed E-state index contributed by atoms with van der Waals surface area (Å²) in [7, 11) is -2.00. The maximum atomic E-state index is 12.8. The van der Waals surface area contributed by atoms with Gasteiger partial charge in [0, 0.05) is 45.4 Å². The van der Waals surface area contributed by atoms with Crippen LogP contribution < -0.4 is 5.69 Å². The molecule has 3 heterocycles. The maximum Gasteiger partial charge on any atom is 0.350 e. The van der Waals surface area contributed by atoms with Gasteiger partial charge < -0.3 is 0 Å². The predicted octanol–water partition coefficient (Wildman–Crippen LogP) is 0.619. The summed E-state index contributed by atoms with van der Waals surface area (Å²) in [5.74, 6) is -0.299. The first-order valence-corrected chi connectivity index (χ1v) is 12.4. The molecule has 4 rings (SSSR count). The van der Waals surface area contributed by atoms with Crippen molar-refractivity contribution in [2.24, 2.45) is 7.05 Å². The van der Waals surface area contributed by atoms with E-state index in [9.17, 15) is 22.8 Å². The van der Waals surface area contributed by atoms with Crippen molar-refractivity contribution >= 4 is 21.8 Å². The molecule has 10 nitrogen and oxygen atoms in total. The van der Waals surface area contributed by atoms with Crippen LogP contribution in [0.15, 0.2) is 35.1 Å². The minimum absolute atomic E-state index is 0.0548. The molecule has 0 saturated carbocycles. The normalized spacial score (nSPS) is 19.0. The van der Waals surface area contributed by atoms with Gasteiger partial charge in [0.15, 0.2) is 0 Å². The summed E-state index contributed by atoms with van der Waals surface area (Å²) in [6.45, 7) is 0.497. The van der Waals surface area contributed by atoms with Crippen molar-refractivity contribution in [3.63, 3.8) is 0 Å². The third kappa shape index (κ3) is 4.40. The SMILES string of the molecule is Cn1nc(C2CCN(S(=O)(=O)CCN3C(=O)CCCC3=O)CC2)n(-c2ccccc2)c1=O. The Morgan fingerprint density at radius 2 is 1.62 bits per heavy atom. The standard InChI is InChI=1S/C21H27N5O5S/c1-23-21(29)26(17-6-3-2-4-7-17)20(22-23)16-10-12-24(13-11-16)32(30,31)15-14-25-18(27)8-5-9-19(25)28/h2-4,6-7,16H,5,8-15H2,1H3. The smallest absolute Gasteiger partial charge is 0.282 e. The highest BCUT2D eigenvalue weighted by molar-refractivity contribution is 7.89. The van der Waals surface area contributed by atoms with Gasteiger partial charge in [0.2, 0.25) is 21.8 Å². The van der Waals surface area contributed by atoms with Crippen LogP contribution in [0.2, 0.25) is 0 Å². The Kier molecular flexibility index (Phi) is 6.29. The molecule has 2 aliphatic heterocycles. The number of imide groups is 1. The highest BCUT2D eigenvalue weighted by Gasteiger charge is 2.33. The lowest BCUT2D eigenvalue weighted by atomic mass is 9.97. The minimum atomic E-state index is -3.61. The van der Waals surface area contributed by atoms with Crippen molar-refractivity contribution in [3.8, 4) is 5.69 Å². The Hall–Kier alpha value is -2.79. The van der Waals surface area contributed by atoms with Crippen LogP contribution in [0.5, 0.6) is 0 Å². The Morgan fingerprint density at radius 1 is 1.00 bits per heavy atom. The molecule has 0 aliphatic carbocycles. The molecule has 32 heavy (non-hydrogen) atoms. The van der Waals surface area contributed by atoms with Gasteiger partial charge in [0.1, 0.15) is 5.82 Å². The summed E-state index contributed by atoms with van der Waals surface area (Å²) < 4.78 is 30.0. The molecule has 11 heteroatoms. The van der Waals surface area contributed by atoms with Crippen LogP contribution in [0.3, 0.4) is 0 Å². The highest BCUT2D eigenvalue weighted by atomic mass is 32.2. The van der Waals surface area contributed by atoms with Gasteiger partial charge in [0.25, 0.3) is 0 Å². The number of carbonyl (C=O) groups excluding carboxylic acids is 2. The number of amides is 2. The molecule has 2 aromatic rings. The Bertz CT molecular complexity index is 1150. The number of rotatable bonds is 6. The molecular formula is C21H27N5O5S. The monoisotopic (exact) mass is 461 g/mol. The molecule has 0 atom stereocenters. The van der Waals surface area contributed by atoms with Crippen molar-refractivity contribution in [1.82, 2.24) is 23.6 Å². The topological polar surface area (TPSA) is 115 Å². The fraction of sp³-hybridized carbons (Fsp3) is 0.524. The molecule has 2 saturated heterocycles. The van der Waals surface area contributed by atoms with Crippen molar-refractivity contribution in [3.05, 3.63) is 46.6 Å². The van der Waals surface area contributed by atoms with Crippen molar-refractivity contribution in [1.29, 1.82) is 0 Å². The number of aryl methyl sites for hydroxylation is 1. The van der Waals surface area contributed by atoms with Crippen molar-refractivity contribution < 1.29 is 18.0 Å². The zero-order valence-electron chi connectivity index (χ0n) is 18.0. The van der Waals surface area contributed by atoms with E-state index < -0.39 is 10.0 Å². The van der Waals surface area contributed by atoms with Crippen molar-refractivity contribution in [2.45, 2.75) is 38.0 Å². The van der Waals surface area contributed by atoms with E-state index in [1.165, 1.54) is 8.99 Å². The summed E-state index contributed by atoms with van der Waals surface area (Å²) >= 11 is 0. The number of benzene rings is 1. The van der Waals surface area contributed by atoms with E-state index in [1.54, 1.807) is 11.6 Å².